The molecule has 13 heavy (non-hydrogen) atoms. The van der Waals surface area contributed by atoms with Crippen LogP contribution in [0.15, 0.2) is 0 Å². The van der Waals surface area contributed by atoms with Gasteiger partial charge in [-0.2, -0.15) is 0 Å². The Morgan fingerprint density at radius 2 is 1.92 bits per heavy atom. The molecule has 4 nitrogen and oxygen atoms in total. The molecule has 0 spiro atoms. The molecule has 0 aromatic rings. The van der Waals surface area contributed by atoms with Crippen molar-refractivity contribution in [3.63, 3.8) is 0 Å². The van der Waals surface area contributed by atoms with Crippen LogP contribution in [0.25, 0.3) is 0 Å². The van der Waals surface area contributed by atoms with Gasteiger partial charge >= 0.3 is 0 Å². The van der Waals surface area contributed by atoms with Crippen molar-refractivity contribution in [1.82, 2.24) is 0 Å². The zero-order valence-corrected chi connectivity index (χ0v) is 7.85. The van der Waals surface area contributed by atoms with E-state index in [0.717, 1.165) is 25.7 Å². The second-order valence-corrected chi connectivity index (χ2v) is 3.71. The van der Waals surface area contributed by atoms with Gasteiger partial charge in [0.15, 0.2) is 0 Å². The molecule has 1 aliphatic carbocycles. The summed E-state index contributed by atoms with van der Waals surface area (Å²) in [6, 6.07) is 0.322. The molecule has 0 amide bonds. The second-order valence-electron chi connectivity index (χ2n) is 3.71. The van der Waals surface area contributed by atoms with Crippen molar-refractivity contribution in [3.05, 3.63) is 0 Å². The summed E-state index contributed by atoms with van der Waals surface area (Å²) in [5, 5.41) is 17.6. The van der Waals surface area contributed by atoms with E-state index in [2.05, 4.69) is 0 Å². The minimum absolute atomic E-state index is 0.223. The molecule has 1 fully saturated rings. The Balaban J connectivity index is 2.08. The van der Waals surface area contributed by atoms with Crippen LogP contribution in [0.4, 0.5) is 0 Å². The maximum Gasteiger partial charge on any atom is 0.100 e. The lowest BCUT2D eigenvalue weighted by Crippen LogP contribution is -2.32. The molecule has 1 atom stereocenters. The maximum absolute atomic E-state index is 9.04. The number of aliphatic hydroxyl groups excluding tert-OH is 2. The number of hydrogen-bond donors (Lipinski definition) is 3. The summed E-state index contributed by atoms with van der Waals surface area (Å²) < 4.78 is 5.42. The van der Waals surface area contributed by atoms with E-state index < -0.39 is 6.10 Å². The van der Waals surface area contributed by atoms with Gasteiger partial charge < -0.3 is 20.7 Å². The van der Waals surface area contributed by atoms with Crippen molar-refractivity contribution in [2.45, 2.75) is 43.9 Å². The molecule has 0 unspecified atom stereocenters. The Labute approximate surface area is 78.7 Å². The first-order chi connectivity index (χ1) is 6.22. The van der Waals surface area contributed by atoms with Crippen molar-refractivity contribution in [1.29, 1.82) is 0 Å². The molecule has 0 aliphatic heterocycles. The van der Waals surface area contributed by atoms with E-state index in [0.29, 0.717) is 6.04 Å². The van der Waals surface area contributed by atoms with Crippen molar-refractivity contribution in [3.8, 4) is 0 Å². The predicted molar refractivity (Wildman–Crippen MR) is 49.3 cm³/mol. The van der Waals surface area contributed by atoms with Crippen LogP contribution >= 0.6 is 0 Å². The van der Waals surface area contributed by atoms with Crippen LogP contribution in [0.5, 0.6) is 0 Å². The average Bonchev–Trinajstić information content (AvgIpc) is 2.16. The molecule has 1 aliphatic rings. The van der Waals surface area contributed by atoms with Crippen molar-refractivity contribution >= 4 is 0 Å². The molecule has 0 bridgehead atoms. The number of hydrogen-bond acceptors (Lipinski definition) is 4. The number of aliphatic hydroxyl groups is 2. The predicted octanol–water partition coefficient (Wildman–Crippen LogP) is -0.374. The summed E-state index contributed by atoms with van der Waals surface area (Å²) in [7, 11) is 0. The highest BCUT2D eigenvalue weighted by atomic mass is 16.5. The number of ether oxygens (including phenoxy) is 1. The fourth-order valence-electron chi connectivity index (χ4n) is 1.56. The quantitative estimate of drug-likeness (QED) is 0.564. The van der Waals surface area contributed by atoms with Gasteiger partial charge in [-0.15, -0.1) is 0 Å². The van der Waals surface area contributed by atoms with Crippen LogP contribution in [0, 0.1) is 0 Å². The Morgan fingerprint density at radius 3 is 2.46 bits per heavy atom. The maximum atomic E-state index is 9.04. The summed E-state index contributed by atoms with van der Waals surface area (Å²) in [5.41, 5.74) is 5.73. The Hall–Kier alpha value is -0.160. The zero-order valence-electron chi connectivity index (χ0n) is 7.85. The molecule has 78 valence electrons. The van der Waals surface area contributed by atoms with Crippen LogP contribution in [0.3, 0.4) is 0 Å². The van der Waals surface area contributed by atoms with Gasteiger partial charge in [0.1, 0.15) is 6.10 Å². The fourth-order valence-corrected chi connectivity index (χ4v) is 1.56. The minimum Gasteiger partial charge on any atom is -0.394 e. The van der Waals surface area contributed by atoms with Gasteiger partial charge in [-0.25, -0.2) is 0 Å². The lowest BCUT2D eigenvalue weighted by molar-refractivity contribution is -0.0409. The molecule has 4 heteroatoms. The second kappa shape index (κ2) is 5.54. The standard InChI is InChI=1S/C9H19NO3/c10-7-1-3-9(4-2-7)13-6-8(12)5-11/h7-9,11-12H,1-6,10H2/t7?,8-,9?/m0/s1. The van der Waals surface area contributed by atoms with Crippen molar-refractivity contribution < 1.29 is 14.9 Å². The molecular formula is C9H19NO3. The van der Waals surface area contributed by atoms with E-state index in [9.17, 15) is 0 Å². The van der Waals surface area contributed by atoms with E-state index in [1.54, 1.807) is 0 Å². The van der Waals surface area contributed by atoms with Gasteiger partial charge in [-0.3, -0.25) is 0 Å². The fraction of sp³-hybridized carbons (Fsp3) is 1.00. The summed E-state index contributed by atoms with van der Waals surface area (Å²) in [4.78, 5) is 0. The Bertz CT molecular complexity index is 135. The molecule has 4 N–H and O–H groups in total. The molecule has 0 aromatic carbocycles. The van der Waals surface area contributed by atoms with Crippen LogP contribution in [-0.4, -0.2) is 41.7 Å². The topological polar surface area (TPSA) is 75.7 Å². The van der Waals surface area contributed by atoms with Gasteiger partial charge in [-0.1, -0.05) is 0 Å². The minimum atomic E-state index is -0.740. The Kier molecular flexibility index (Phi) is 4.66. The third kappa shape index (κ3) is 4.04. The highest BCUT2D eigenvalue weighted by Crippen LogP contribution is 2.19. The third-order valence-electron chi connectivity index (χ3n) is 2.45. The summed E-state index contributed by atoms with van der Waals surface area (Å²) >= 11 is 0. The molecular weight excluding hydrogens is 170 g/mol. The number of rotatable bonds is 4. The first-order valence-electron chi connectivity index (χ1n) is 4.88. The van der Waals surface area contributed by atoms with Crippen molar-refractivity contribution in [2.24, 2.45) is 5.73 Å². The third-order valence-corrected chi connectivity index (χ3v) is 2.45. The van der Waals surface area contributed by atoms with Gasteiger partial charge in [0, 0.05) is 6.04 Å². The average molecular weight is 189 g/mol. The lowest BCUT2D eigenvalue weighted by atomic mass is 9.94. The van der Waals surface area contributed by atoms with Gasteiger partial charge in [-0.05, 0) is 25.7 Å². The normalized spacial score (nSPS) is 31.6. The molecule has 0 radical (unpaired) electrons. The van der Waals surface area contributed by atoms with Gasteiger partial charge in [0.2, 0.25) is 0 Å². The summed E-state index contributed by atoms with van der Waals surface area (Å²) in [6.07, 6.45) is 3.43. The summed E-state index contributed by atoms with van der Waals surface area (Å²) in [6.45, 7) is 0.00262. The van der Waals surface area contributed by atoms with E-state index in [1.807, 2.05) is 0 Å². The van der Waals surface area contributed by atoms with E-state index in [-0.39, 0.29) is 19.3 Å². The number of nitrogens with two attached hydrogens (primary N) is 1. The lowest BCUT2D eigenvalue weighted by Gasteiger charge is -2.26. The first-order valence-corrected chi connectivity index (χ1v) is 4.88. The molecule has 0 saturated heterocycles. The smallest absolute Gasteiger partial charge is 0.100 e. The van der Waals surface area contributed by atoms with Crippen molar-refractivity contribution in [2.75, 3.05) is 13.2 Å². The highest BCUT2D eigenvalue weighted by molar-refractivity contribution is 4.74. The first kappa shape index (κ1) is 10.9. The van der Waals surface area contributed by atoms with E-state index >= 15 is 0 Å². The Morgan fingerprint density at radius 1 is 1.31 bits per heavy atom. The molecule has 1 rings (SSSR count). The van der Waals surface area contributed by atoms with Crippen LogP contribution in [0.2, 0.25) is 0 Å². The largest absolute Gasteiger partial charge is 0.394 e. The monoisotopic (exact) mass is 189 g/mol. The van der Waals surface area contributed by atoms with Gasteiger partial charge in [0.25, 0.3) is 0 Å². The molecule has 0 aromatic heterocycles. The van der Waals surface area contributed by atoms with E-state index in [4.69, 9.17) is 20.7 Å². The van der Waals surface area contributed by atoms with Crippen LogP contribution in [0.1, 0.15) is 25.7 Å². The van der Waals surface area contributed by atoms with Gasteiger partial charge in [0.05, 0.1) is 19.3 Å². The molecule has 0 heterocycles. The zero-order chi connectivity index (χ0) is 9.68. The highest BCUT2D eigenvalue weighted by Gasteiger charge is 2.19. The SMILES string of the molecule is NC1CCC(OC[C@@H](O)CO)CC1. The van der Waals surface area contributed by atoms with Crippen LogP contribution < -0.4 is 5.73 Å². The molecule has 1 saturated carbocycles. The van der Waals surface area contributed by atoms with E-state index in [1.165, 1.54) is 0 Å². The summed E-state index contributed by atoms with van der Waals surface area (Å²) in [5.74, 6) is 0. The van der Waals surface area contributed by atoms with Crippen LogP contribution in [-0.2, 0) is 4.74 Å².